The molecule has 2 amide bonds. The van der Waals surface area contributed by atoms with E-state index >= 15 is 0 Å². The molecule has 1 N–H and O–H groups in total. The van der Waals surface area contributed by atoms with Crippen molar-refractivity contribution >= 4 is 34.8 Å². The monoisotopic (exact) mass is 348 g/mol. The summed E-state index contributed by atoms with van der Waals surface area (Å²) in [5, 5.41) is 2.71. The number of hydrogen-bond acceptors (Lipinski definition) is 2. The number of nitrogens with zero attached hydrogens (tertiary/aromatic N) is 1. The molecular weight excluding hydrogens is 331 g/mol. The third kappa shape index (κ3) is 4.80. The fourth-order valence-corrected chi connectivity index (χ4v) is 2.37. The minimum Gasteiger partial charge on any atom is -0.326 e. The van der Waals surface area contributed by atoms with Crippen molar-refractivity contribution in [2.45, 2.75) is 20.3 Å². The molecule has 0 atom stereocenters. The Morgan fingerprint density at radius 2 is 1.83 bits per heavy atom. The Labute approximate surface area is 145 Å². The highest BCUT2D eigenvalue weighted by Crippen LogP contribution is 2.23. The predicted molar refractivity (Wildman–Crippen MR) is 93.9 cm³/mol. The molecular formula is C18H18ClFN2O2. The second-order valence-corrected chi connectivity index (χ2v) is 5.84. The first kappa shape index (κ1) is 17.9. The van der Waals surface area contributed by atoms with Gasteiger partial charge in [-0.05, 0) is 37.3 Å². The van der Waals surface area contributed by atoms with E-state index < -0.39 is 5.82 Å². The van der Waals surface area contributed by atoms with Crippen molar-refractivity contribution in [3.8, 4) is 0 Å². The predicted octanol–water partition coefficient (Wildman–Crippen LogP) is 4.17. The van der Waals surface area contributed by atoms with Gasteiger partial charge in [0.2, 0.25) is 11.8 Å². The van der Waals surface area contributed by atoms with Gasteiger partial charge in [0.05, 0.1) is 5.02 Å². The summed E-state index contributed by atoms with van der Waals surface area (Å²) in [6.45, 7) is 3.52. The Balaban J connectivity index is 2.00. The third-order valence-corrected chi connectivity index (χ3v) is 3.78. The van der Waals surface area contributed by atoms with Crippen LogP contribution in [-0.2, 0) is 9.59 Å². The molecule has 0 aliphatic carbocycles. The Morgan fingerprint density at radius 3 is 2.42 bits per heavy atom. The summed E-state index contributed by atoms with van der Waals surface area (Å²) in [7, 11) is 0. The molecule has 126 valence electrons. The van der Waals surface area contributed by atoms with Crippen molar-refractivity contribution in [1.29, 1.82) is 0 Å². The lowest BCUT2D eigenvalue weighted by molar-refractivity contribution is -0.117. The Kier molecular flexibility index (Phi) is 5.93. The largest absolute Gasteiger partial charge is 0.326 e. The highest BCUT2D eigenvalue weighted by atomic mass is 35.5. The van der Waals surface area contributed by atoms with Crippen molar-refractivity contribution < 1.29 is 14.0 Å². The zero-order valence-electron chi connectivity index (χ0n) is 13.5. The fraction of sp³-hybridized carbons (Fsp3) is 0.222. The van der Waals surface area contributed by atoms with Crippen LogP contribution in [0, 0.1) is 12.7 Å². The number of benzene rings is 2. The number of carbonyl (C=O) groups is 2. The van der Waals surface area contributed by atoms with Crippen LogP contribution >= 0.6 is 11.6 Å². The van der Waals surface area contributed by atoms with Crippen LogP contribution in [-0.4, -0.2) is 18.4 Å². The van der Waals surface area contributed by atoms with Gasteiger partial charge in [-0.15, -0.1) is 0 Å². The van der Waals surface area contributed by atoms with Crippen molar-refractivity contribution in [1.82, 2.24) is 0 Å². The number of aryl methyl sites for hydroxylation is 1. The Hall–Kier alpha value is -2.40. The lowest BCUT2D eigenvalue weighted by atomic mass is 10.2. The molecule has 0 aromatic heterocycles. The van der Waals surface area contributed by atoms with E-state index in [1.807, 2.05) is 31.2 Å². The van der Waals surface area contributed by atoms with E-state index in [4.69, 9.17) is 11.6 Å². The summed E-state index contributed by atoms with van der Waals surface area (Å²) in [4.78, 5) is 25.2. The van der Waals surface area contributed by atoms with Gasteiger partial charge in [-0.3, -0.25) is 9.59 Å². The van der Waals surface area contributed by atoms with Crippen LogP contribution in [0.4, 0.5) is 15.8 Å². The lowest BCUT2D eigenvalue weighted by Crippen LogP contribution is -2.32. The molecule has 6 heteroatoms. The molecule has 2 aromatic carbocycles. The third-order valence-electron chi connectivity index (χ3n) is 3.49. The summed E-state index contributed by atoms with van der Waals surface area (Å²) in [6.07, 6.45) is 0.114. The van der Waals surface area contributed by atoms with Crippen LogP contribution in [0.3, 0.4) is 0 Å². The molecule has 0 saturated heterocycles. The van der Waals surface area contributed by atoms with Crippen LogP contribution in [0.1, 0.15) is 18.9 Å². The number of nitrogens with one attached hydrogen (secondary N) is 1. The van der Waals surface area contributed by atoms with Gasteiger partial charge in [-0.25, -0.2) is 4.39 Å². The molecule has 2 rings (SSSR count). The first-order valence-corrected chi connectivity index (χ1v) is 7.84. The Morgan fingerprint density at radius 1 is 1.17 bits per heavy atom. The minimum absolute atomic E-state index is 0.0668. The molecule has 0 saturated carbocycles. The van der Waals surface area contributed by atoms with Gasteiger partial charge in [0.25, 0.3) is 0 Å². The Bertz CT molecular complexity index is 747. The van der Waals surface area contributed by atoms with E-state index in [1.54, 1.807) is 0 Å². The van der Waals surface area contributed by atoms with Crippen LogP contribution in [0.15, 0.2) is 42.5 Å². The van der Waals surface area contributed by atoms with E-state index in [0.717, 1.165) is 5.56 Å². The first-order valence-electron chi connectivity index (χ1n) is 7.46. The molecule has 0 radical (unpaired) electrons. The maximum atomic E-state index is 13.2. The molecule has 0 bridgehead atoms. The molecule has 2 aromatic rings. The van der Waals surface area contributed by atoms with Crippen molar-refractivity contribution in [2.24, 2.45) is 0 Å². The van der Waals surface area contributed by atoms with Gasteiger partial charge in [0, 0.05) is 31.3 Å². The maximum Gasteiger partial charge on any atom is 0.226 e. The van der Waals surface area contributed by atoms with Gasteiger partial charge in [0.1, 0.15) is 5.82 Å². The number of rotatable bonds is 5. The average molecular weight is 349 g/mol. The molecule has 0 aliphatic heterocycles. The molecule has 0 heterocycles. The summed E-state index contributed by atoms with van der Waals surface area (Å²) >= 11 is 5.75. The zero-order valence-corrected chi connectivity index (χ0v) is 14.2. The summed E-state index contributed by atoms with van der Waals surface area (Å²) in [6, 6.07) is 11.5. The molecule has 0 fully saturated rings. The number of halogens is 2. The van der Waals surface area contributed by atoms with Crippen molar-refractivity contribution in [3.63, 3.8) is 0 Å². The number of hydrogen-bond donors (Lipinski definition) is 1. The summed E-state index contributed by atoms with van der Waals surface area (Å²) in [5.74, 6) is -1.01. The minimum atomic E-state index is -0.555. The van der Waals surface area contributed by atoms with E-state index in [2.05, 4.69) is 5.32 Å². The smallest absolute Gasteiger partial charge is 0.226 e. The first-order chi connectivity index (χ1) is 11.4. The highest BCUT2D eigenvalue weighted by molar-refractivity contribution is 6.31. The van der Waals surface area contributed by atoms with E-state index in [0.29, 0.717) is 11.4 Å². The topological polar surface area (TPSA) is 49.4 Å². The zero-order chi connectivity index (χ0) is 17.7. The normalized spacial score (nSPS) is 10.3. The van der Waals surface area contributed by atoms with Crippen LogP contribution in [0.2, 0.25) is 5.02 Å². The molecule has 0 unspecified atom stereocenters. The lowest BCUT2D eigenvalue weighted by Gasteiger charge is -2.21. The number of amides is 2. The molecule has 24 heavy (non-hydrogen) atoms. The molecule has 4 nitrogen and oxygen atoms in total. The summed E-state index contributed by atoms with van der Waals surface area (Å²) < 4.78 is 13.2. The molecule has 0 spiro atoms. The van der Waals surface area contributed by atoms with E-state index in [1.165, 1.54) is 30.0 Å². The second kappa shape index (κ2) is 7.93. The van der Waals surface area contributed by atoms with Gasteiger partial charge >= 0.3 is 0 Å². The standard InChI is InChI=1S/C18H18ClFN2O2/c1-12-3-5-14(6-4-12)21-18(24)9-10-22(13(2)23)15-7-8-17(20)16(19)11-15/h3-8,11H,9-10H2,1-2H3,(H,21,24). The number of anilines is 2. The van der Waals surface area contributed by atoms with Crippen molar-refractivity contribution in [2.75, 3.05) is 16.8 Å². The maximum absolute atomic E-state index is 13.2. The van der Waals surface area contributed by atoms with Crippen LogP contribution in [0.25, 0.3) is 0 Å². The average Bonchev–Trinajstić information content (AvgIpc) is 2.53. The van der Waals surface area contributed by atoms with Crippen LogP contribution in [0.5, 0.6) is 0 Å². The van der Waals surface area contributed by atoms with Gasteiger partial charge < -0.3 is 10.2 Å². The van der Waals surface area contributed by atoms with Gasteiger partial charge in [-0.1, -0.05) is 29.3 Å². The van der Waals surface area contributed by atoms with E-state index in [9.17, 15) is 14.0 Å². The van der Waals surface area contributed by atoms with Crippen LogP contribution < -0.4 is 10.2 Å². The quantitative estimate of drug-likeness (QED) is 0.881. The van der Waals surface area contributed by atoms with E-state index in [-0.39, 0.29) is 29.8 Å². The van der Waals surface area contributed by atoms with Gasteiger partial charge in [0.15, 0.2) is 0 Å². The SMILES string of the molecule is CC(=O)N(CCC(=O)Nc1ccc(C)cc1)c1ccc(F)c(Cl)c1. The summed E-state index contributed by atoms with van der Waals surface area (Å²) in [5.41, 5.74) is 2.26. The number of carbonyl (C=O) groups excluding carboxylic acids is 2. The fourth-order valence-electron chi connectivity index (χ4n) is 2.20. The molecule has 0 aliphatic rings. The van der Waals surface area contributed by atoms with Gasteiger partial charge in [-0.2, -0.15) is 0 Å². The van der Waals surface area contributed by atoms with Crippen molar-refractivity contribution in [3.05, 3.63) is 58.9 Å². The second-order valence-electron chi connectivity index (χ2n) is 5.43. The highest BCUT2D eigenvalue weighted by Gasteiger charge is 2.15.